The molecule has 1 saturated carbocycles. The Hall–Kier alpha value is 0.400. The molecule has 116 valence electrons. The number of piperazine rings is 1. The first-order chi connectivity index (χ1) is 9.72. The van der Waals surface area contributed by atoms with Crippen LogP contribution in [0.2, 0.25) is 0 Å². The van der Waals surface area contributed by atoms with Gasteiger partial charge in [0.2, 0.25) is 0 Å². The van der Waals surface area contributed by atoms with Crippen LogP contribution < -0.4 is 0 Å². The molecule has 0 aromatic rings. The van der Waals surface area contributed by atoms with Gasteiger partial charge in [-0.3, -0.25) is 9.80 Å². The Kier molecular flexibility index (Phi) is 5.10. The largest absolute Gasteiger partial charge is 0.298 e. The molecule has 0 spiro atoms. The molecule has 3 heteroatoms. The van der Waals surface area contributed by atoms with Gasteiger partial charge in [0.25, 0.3) is 0 Å². The Morgan fingerprint density at radius 1 is 1.05 bits per heavy atom. The predicted octanol–water partition coefficient (Wildman–Crippen LogP) is 3.89. The molecule has 2 aliphatic heterocycles. The van der Waals surface area contributed by atoms with E-state index in [-0.39, 0.29) is 0 Å². The number of halogens is 1. The monoisotopic (exact) mass is 342 g/mol. The van der Waals surface area contributed by atoms with Crippen molar-refractivity contribution in [2.24, 2.45) is 5.41 Å². The summed E-state index contributed by atoms with van der Waals surface area (Å²) in [6, 6.07) is 1.62. The number of rotatable bonds is 3. The smallest absolute Gasteiger partial charge is 0.0224 e. The van der Waals surface area contributed by atoms with Gasteiger partial charge in [-0.25, -0.2) is 0 Å². The van der Waals surface area contributed by atoms with Crippen LogP contribution in [-0.4, -0.2) is 53.4 Å². The van der Waals surface area contributed by atoms with E-state index >= 15 is 0 Å². The van der Waals surface area contributed by atoms with Crippen molar-refractivity contribution in [1.29, 1.82) is 0 Å². The summed E-state index contributed by atoms with van der Waals surface area (Å²) in [7, 11) is 0. The molecule has 3 aliphatic rings. The second kappa shape index (κ2) is 6.66. The molecule has 3 fully saturated rings. The van der Waals surface area contributed by atoms with Gasteiger partial charge in [0.05, 0.1) is 0 Å². The third-order valence-electron chi connectivity index (χ3n) is 6.05. The van der Waals surface area contributed by atoms with Crippen molar-refractivity contribution >= 4 is 15.9 Å². The zero-order valence-electron chi connectivity index (χ0n) is 13.1. The lowest BCUT2D eigenvalue weighted by molar-refractivity contribution is 0.0271. The molecule has 2 atom stereocenters. The van der Waals surface area contributed by atoms with Crippen LogP contribution in [0.1, 0.15) is 58.3 Å². The van der Waals surface area contributed by atoms with Crippen molar-refractivity contribution in [1.82, 2.24) is 9.80 Å². The lowest BCUT2D eigenvalue weighted by Gasteiger charge is -2.46. The van der Waals surface area contributed by atoms with Gasteiger partial charge in [0.15, 0.2) is 0 Å². The predicted molar refractivity (Wildman–Crippen MR) is 89.6 cm³/mol. The highest BCUT2D eigenvalue weighted by molar-refractivity contribution is 9.09. The molecule has 2 saturated heterocycles. The van der Waals surface area contributed by atoms with E-state index in [0.29, 0.717) is 5.41 Å². The second-order valence-corrected chi connectivity index (χ2v) is 8.18. The Balaban J connectivity index is 1.65. The third-order valence-corrected chi connectivity index (χ3v) is 7.24. The summed E-state index contributed by atoms with van der Waals surface area (Å²) in [4.78, 5) is 5.58. The molecule has 2 nitrogen and oxygen atoms in total. The Morgan fingerprint density at radius 2 is 1.80 bits per heavy atom. The van der Waals surface area contributed by atoms with Crippen LogP contribution in [0.4, 0.5) is 0 Å². The molecule has 2 unspecified atom stereocenters. The average molecular weight is 343 g/mol. The zero-order valence-corrected chi connectivity index (χ0v) is 14.7. The normalized spacial score (nSPS) is 35.7. The first kappa shape index (κ1) is 15.3. The molecule has 0 aromatic carbocycles. The lowest BCUT2D eigenvalue weighted by atomic mass is 9.81. The molecule has 20 heavy (non-hydrogen) atoms. The van der Waals surface area contributed by atoms with Gasteiger partial charge in [0, 0.05) is 37.0 Å². The minimum absolute atomic E-state index is 0.561. The quantitative estimate of drug-likeness (QED) is 0.567. The molecular formula is C17H31BrN2. The van der Waals surface area contributed by atoms with E-state index in [4.69, 9.17) is 0 Å². The van der Waals surface area contributed by atoms with E-state index in [1.807, 2.05) is 0 Å². The van der Waals surface area contributed by atoms with Crippen LogP contribution in [-0.2, 0) is 0 Å². The molecule has 3 rings (SSSR count). The Morgan fingerprint density at radius 3 is 2.50 bits per heavy atom. The van der Waals surface area contributed by atoms with Gasteiger partial charge >= 0.3 is 0 Å². The molecule has 0 bridgehead atoms. The molecule has 0 aromatic heterocycles. The molecule has 0 N–H and O–H groups in total. The van der Waals surface area contributed by atoms with Crippen molar-refractivity contribution in [2.45, 2.75) is 70.4 Å². The number of fused-ring (bicyclic) bond motifs is 1. The zero-order chi connectivity index (χ0) is 14.0. The highest BCUT2D eigenvalue weighted by Gasteiger charge is 2.39. The van der Waals surface area contributed by atoms with E-state index in [9.17, 15) is 0 Å². The summed E-state index contributed by atoms with van der Waals surface area (Å²) in [5, 5.41) is 1.21. The van der Waals surface area contributed by atoms with E-state index in [2.05, 4.69) is 32.7 Å². The summed E-state index contributed by atoms with van der Waals surface area (Å²) in [6.45, 7) is 7.78. The minimum atomic E-state index is 0.561. The summed E-state index contributed by atoms with van der Waals surface area (Å²) in [5.41, 5.74) is 0.561. The Bertz CT molecular complexity index is 312. The van der Waals surface area contributed by atoms with Crippen molar-refractivity contribution in [3.63, 3.8) is 0 Å². The molecule has 1 aliphatic carbocycles. The van der Waals surface area contributed by atoms with Crippen LogP contribution in [0, 0.1) is 5.41 Å². The maximum absolute atomic E-state index is 3.87. The van der Waals surface area contributed by atoms with Crippen LogP contribution in [0.25, 0.3) is 0 Å². The highest BCUT2D eigenvalue weighted by atomic mass is 79.9. The van der Waals surface area contributed by atoms with E-state index in [0.717, 1.165) is 12.1 Å². The van der Waals surface area contributed by atoms with Gasteiger partial charge in [-0.05, 0) is 44.6 Å². The Labute approximate surface area is 133 Å². The third kappa shape index (κ3) is 3.25. The average Bonchev–Trinajstić information content (AvgIpc) is 2.76. The fourth-order valence-electron chi connectivity index (χ4n) is 4.71. The molecule has 0 radical (unpaired) electrons. The maximum Gasteiger partial charge on any atom is 0.0224 e. The highest BCUT2D eigenvalue weighted by Crippen LogP contribution is 2.39. The molecule has 0 amide bonds. The van der Waals surface area contributed by atoms with Gasteiger partial charge in [-0.15, -0.1) is 0 Å². The summed E-state index contributed by atoms with van der Waals surface area (Å²) >= 11 is 3.87. The van der Waals surface area contributed by atoms with Crippen LogP contribution >= 0.6 is 15.9 Å². The van der Waals surface area contributed by atoms with Crippen LogP contribution in [0.5, 0.6) is 0 Å². The van der Waals surface area contributed by atoms with Crippen molar-refractivity contribution in [3.8, 4) is 0 Å². The molecule has 2 heterocycles. The van der Waals surface area contributed by atoms with Crippen molar-refractivity contribution in [3.05, 3.63) is 0 Å². The first-order valence-electron chi connectivity index (χ1n) is 8.76. The van der Waals surface area contributed by atoms with E-state index < -0.39 is 0 Å². The summed E-state index contributed by atoms with van der Waals surface area (Å²) in [5.74, 6) is 0. The SMILES string of the molecule is CC1CN2CCCC2CN1CC1(CBr)CCCCCC1. The second-order valence-electron chi connectivity index (χ2n) is 7.62. The molecular weight excluding hydrogens is 312 g/mol. The van der Waals surface area contributed by atoms with Gasteiger partial charge in [0.1, 0.15) is 0 Å². The lowest BCUT2D eigenvalue weighted by Crippen LogP contribution is -2.57. The number of hydrogen-bond acceptors (Lipinski definition) is 2. The van der Waals surface area contributed by atoms with Gasteiger partial charge in [-0.1, -0.05) is 41.6 Å². The topological polar surface area (TPSA) is 6.48 Å². The maximum atomic E-state index is 3.87. The summed E-state index contributed by atoms with van der Waals surface area (Å²) < 4.78 is 0. The summed E-state index contributed by atoms with van der Waals surface area (Å²) in [6.07, 6.45) is 11.6. The standard InChI is InChI=1S/C17H31BrN2/c1-15-11-19-10-6-7-16(19)12-20(15)14-17(13-18)8-4-2-3-5-9-17/h15-16H,2-14H2,1H3. The number of nitrogens with zero attached hydrogens (tertiary/aromatic N) is 2. The van der Waals surface area contributed by atoms with Crippen molar-refractivity contribution < 1.29 is 0 Å². The first-order valence-corrected chi connectivity index (χ1v) is 9.89. The van der Waals surface area contributed by atoms with Gasteiger partial charge < -0.3 is 0 Å². The minimum Gasteiger partial charge on any atom is -0.298 e. The number of hydrogen-bond donors (Lipinski definition) is 0. The van der Waals surface area contributed by atoms with Crippen LogP contribution in [0.3, 0.4) is 0 Å². The fraction of sp³-hybridized carbons (Fsp3) is 1.00. The van der Waals surface area contributed by atoms with Crippen LogP contribution in [0.15, 0.2) is 0 Å². The van der Waals surface area contributed by atoms with E-state index in [1.54, 1.807) is 0 Å². The van der Waals surface area contributed by atoms with E-state index in [1.165, 1.54) is 82.9 Å². The van der Waals surface area contributed by atoms with Gasteiger partial charge in [-0.2, -0.15) is 0 Å². The number of alkyl halides is 1. The fourth-order valence-corrected chi connectivity index (χ4v) is 5.45. The van der Waals surface area contributed by atoms with Crippen molar-refractivity contribution in [2.75, 3.05) is 31.5 Å².